The van der Waals surface area contributed by atoms with Crippen molar-refractivity contribution in [2.45, 2.75) is 12.8 Å². The topological polar surface area (TPSA) is 48.5 Å². The molecular formula is C26H28Cl2N4O. The summed E-state index contributed by atoms with van der Waals surface area (Å²) < 4.78 is 0. The van der Waals surface area contributed by atoms with Crippen LogP contribution in [-0.4, -0.2) is 55.1 Å². The number of carbonyl (C=O) groups excluding carboxylic acids is 1. The maximum Gasteiger partial charge on any atom is 0.251 e. The van der Waals surface area contributed by atoms with Crippen molar-refractivity contribution in [3.05, 3.63) is 82.5 Å². The molecule has 0 bridgehead atoms. The smallest absolute Gasteiger partial charge is 0.251 e. The van der Waals surface area contributed by atoms with Crippen LogP contribution in [-0.2, 0) is 0 Å². The van der Waals surface area contributed by atoms with E-state index in [4.69, 9.17) is 23.2 Å². The summed E-state index contributed by atoms with van der Waals surface area (Å²) in [5.74, 6) is -0.0315. The molecule has 0 unspecified atom stereocenters. The normalized spacial score (nSPS) is 14.3. The van der Waals surface area contributed by atoms with Gasteiger partial charge in [0.25, 0.3) is 5.91 Å². The summed E-state index contributed by atoms with van der Waals surface area (Å²) in [5.41, 5.74) is 3.63. The third-order valence-corrected chi connectivity index (χ3v) is 6.45. The van der Waals surface area contributed by atoms with Crippen LogP contribution in [0.15, 0.2) is 66.9 Å². The van der Waals surface area contributed by atoms with Gasteiger partial charge in [0.15, 0.2) is 0 Å². The third-order valence-electron chi connectivity index (χ3n) is 5.92. The SMILES string of the molecule is O=C(NCCCCN1CCN(c2ccc(Cl)cc2Cl)CC1)c1ccc(-c2ccccn2)cc1. The number of nitrogens with one attached hydrogen (secondary N) is 1. The molecule has 1 aliphatic heterocycles. The summed E-state index contributed by atoms with van der Waals surface area (Å²) in [6, 6.07) is 19.1. The molecule has 5 nitrogen and oxygen atoms in total. The highest BCUT2D eigenvalue weighted by Gasteiger charge is 2.18. The van der Waals surface area contributed by atoms with Crippen molar-refractivity contribution in [1.29, 1.82) is 0 Å². The van der Waals surface area contributed by atoms with Crippen LogP contribution in [0.1, 0.15) is 23.2 Å². The Kier molecular flexibility index (Phi) is 8.21. The lowest BCUT2D eigenvalue weighted by atomic mass is 10.1. The fourth-order valence-electron chi connectivity index (χ4n) is 4.04. The summed E-state index contributed by atoms with van der Waals surface area (Å²) >= 11 is 12.4. The second-order valence-corrected chi connectivity index (χ2v) is 9.02. The van der Waals surface area contributed by atoms with Crippen molar-refractivity contribution in [2.24, 2.45) is 0 Å². The zero-order valence-corrected chi connectivity index (χ0v) is 20.0. The first-order valence-corrected chi connectivity index (χ1v) is 12.1. The molecule has 1 aliphatic rings. The number of unbranched alkanes of at least 4 members (excludes halogenated alkanes) is 1. The van der Waals surface area contributed by atoms with E-state index >= 15 is 0 Å². The van der Waals surface area contributed by atoms with Gasteiger partial charge in [0.2, 0.25) is 0 Å². The van der Waals surface area contributed by atoms with Crippen LogP contribution in [0, 0.1) is 0 Å². The largest absolute Gasteiger partial charge is 0.368 e. The van der Waals surface area contributed by atoms with E-state index in [-0.39, 0.29) is 5.91 Å². The standard InChI is InChI=1S/C26H28Cl2N4O/c27-22-10-11-25(23(28)19-22)32-17-15-31(16-18-32)14-4-3-13-30-26(33)21-8-6-20(7-9-21)24-5-1-2-12-29-24/h1-2,5-12,19H,3-4,13-18H2,(H,30,33). The Morgan fingerprint density at radius 2 is 1.73 bits per heavy atom. The Balaban J connectivity index is 1.14. The van der Waals surface area contributed by atoms with Crippen molar-refractivity contribution >= 4 is 34.8 Å². The summed E-state index contributed by atoms with van der Waals surface area (Å²) in [6.45, 7) is 5.64. The van der Waals surface area contributed by atoms with E-state index in [0.29, 0.717) is 22.2 Å². The van der Waals surface area contributed by atoms with E-state index in [9.17, 15) is 4.79 Å². The maximum absolute atomic E-state index is 12.4. The van der Waals surface area contributed by atoms with E-state index in [2.05, 4.69) is 20.1 Å². The molecular weight excluding hydrogens is 455 g/mol. The Morgan fingerprint density at radius 1 is 0.939 bits per heavy atom. The van der Waals surface area contributed by atoms with E-state index < -0.39 is 0 Å². The minimum Gasteiger partial charge on any atom is -0.368 e. The molecule has 1 saturated heterocycles. The zero-order valence-electron chi connectivity index (χ0n) is 18.5. The number of pyridine rings is 1. The van der Waals surface area contributed by atoms with Crippen LogP contribution in [0.2, 0.25) is 10.0 Å². The van der Waals surface area contributed by atoms with Crippen molar-refractivity contribution in [3.63, 3.8) is 0 Å². The first-order chi connectivity index (χ1) is 16.1. The number of hydrogen-bond acceptors (Lipinski definition) is 4. The fourth-order valence-corrected chi connectivity index (χ4v) is 4.57. The van der Waals surface area contributed by atoms with Gasteiger partial charge in [-0.3, -0.25) is 14.7 Å². The molecule has 3 aromatic rings. The fraction of sp³-hybridized carbons (Fsp3) is 0.308. The molecule has 0 atom stereocenters. The number of benzene rings is 2. The molecule has 0 saturated carbocycles. The number of anilines is 1. The lowest BCUT2D eigenvalue weighted by molar-refractivity contribution is 0.0952. The highest BCUT2D eigenvalue weighted by molar-refractivity contribution is 6.36. The van der Waals surface area contributed by atoms with Gasteiger partial charge in [0.1, 0.15) is 0 Å². The zero-order chi connectivity index (χ0) is 23.0. The van der Waals surface area contributed by atoms with Gasteiger partial charge in [-0.25, -0.2) is 0 Å². The van der Waals surface area contributed by atoms with Gasteiger partial charge in [0, 0.05) is 55.1 Å². The molecule has 1 aromatic heterocycles. The van der Waals surface area contributed by atoms with Gasteiger partial charge in [-0.1, -0.05) is 41.4 Å². The Morgan fingerprint density at radius 3 is 2.42 bits per heavy atom. The van der Waals surface area contributed by atoms with Crippen molar-refractivity contribution in [3.8, 4) is 11.3 Å². The number of nitrogens with zero attached hydrogens (tertiary/aromatic N) is 3. The summed E-state index contributed by atoms with van der Waals surface area (Å²) in [4.78, 5) is 21.5. The van der Waals surface area contributed by atoms with E-state index in [0.717, 1.165) is 62.5 Å². The predicted molar refractivity (Wildman–Crippen MR) is 136 cm³/mol. The minimum absolute atomic E-state index is 0.0315. The Bertz CT molecular complexity index is 1050. The van der Waals surface area contributed by atoms with Crippen LogP contribution < -0.4 is 10.2 Å². The lowest BCUT2D eigenvalue weighted by Gasteiger charge is -2.36. The minimum atomic E-state index is -0.0315. The molecule has 0 spiro atoms. The van der Waals surface area contributed by atoms with Gasteiger partial charge in [-0.15, -0.1) is 0 Å². The number of halogens is 2. The van der Waals surface area contributed by atoms with Crippen molar-refractivity contribution in [2.75, 3.05) is 44.2 Å². The van der Waals surface area contributed by atoms with Crippen molar-refractivity contribution < 1.29 is 4.79 Å². The number of amides is 1. The quantitative estimate of drug-likeness (QED) is 0.437. The van der Waals surface area contributed by atoms with Crippen LogP contribution >= 0.6 is 23.2 Å². The molecule has 0 radical (unpaired) electrons. The van der Waals surface area contributed by atoms with E-state index in [1.165, 1.54) is 0 Å². The van der Waals surface area contributed by atoms with Gasteiger partial charge in [0.05, 0.1) is 16.4 Å². The molecule has 1 N–H and O–H groups in total. The maximum atomic E-state index is 12.4. The third kappa shape index (κ3) is 6.47. The van der Waals surface area contributed by atoms with Gasteiger partial charge < -0.3 is 10.2 Å². The van der Waals surface area contributed by atoms with Crippen LogP contribution in [0.3, 0.4) is 0 Å². The van der Waals surface area contributed by atoms with Gasteiger partial charge in [-0.2, -0.15) is 0 Å². The number of carbonyl (C=O) groups is 1. The van der Waals surface area contributed by atoms with Gasteiger partial charge >= 0.3 is 0 Å². The highest BCUT2D eigenvalue weighted by atomic mass is 35.5. The second kappa shape index (κ2) is 11.5. The molecule has 2 aromatic carbocycles. The molecule has 4 rings (SSSR count). The average Bonchev–Trinajstić information content (AvgIpc) is 2.85. The number of rotatable bonds is 8. The highest BCUT2D eigenvalue weighted by Crippen LogP contribution is 2.29. The summed E-state index contributed by atoms with van der Waals surface area (Å²) in [5, 5.41) is 4.40. The van der Waals surface area contributed by atoms with Gasteiger partial charge in [-0.05, 0) is 61.9 Å². The van der Waals surface area contributed by atoms with Crippen LogP contribution in [0.5, 0.6) is 0 Å². The molecule has 33 heavy (non-hydrogen) atoms. The molecule has 2 heterocycles. The summed E-state index contributed by atoms with van der Waals surface area (Å²) in [7, 11) is 0. The number of hydrogen-bond donors (Lipinski definition) is 1. The summed E-state index contributed by atoms with van der Waals surface area (Å²) in [6.07, 6.45) is 3.78. The number of piperazine rings is 1. The van der Waals surface area contributed by atoms with E-state index in [1.54, 1.807) is 12.3 Å². The molecule has 7 heteroatoms. The Labute approximate surface area is 205 Å². The van der Waals surface area contributed by atoms with Crippen LogP contribution in [0.25, 0.3) is 11.3 Å². The number of aromatic nitrogens is 1. The second-order valence-electron chi connectivity index (χ2n) is 8.18. The van der Waals surface area contributed by atoms with E-state index in [1.807, 2.05) is 54.6 Å². The van der Waals surface area contributed by atoms with Crippen molar-refractivity contribution in [1.82, 2.24) is 15.2 Å². The molecule has 1 fully saturated rings. The first kappa shape index (κ1) is 23.6. The lowest BCUT2D eigenvalue weighted by Crippen LogP contribution is -2.46. The molecule has 0 aliphatic carbocycles. The molecule has 172 valence electrons. The molecule has 1 amide bonds. The monoisotopic (exact) mass is 482 g/mol. The van der Waals surface area contributed by atoms with Crippen LogP contribution in [0.4, 0.5) is 5.69 Å². The average molecular weight is 483 g/mol. The first-order valence-electron chi connectivity index (χ1n) is 11.3. The predicted octanol–water partition coefficient (Wildman–Crippen LogP) is 5.39. The Hall–Kier alpha value is -2.60.